The van der Waals surface area contributed by atoms with E-state index in [1.807, 2.05) is 20.8 Å². The fourth-order valence-electron chi connectivity index (χ4n) is 2.47. The van der Waals surface area contributed by atoms with Crippen molar-refractivity contribution in [1.82, 2.24) is 20.4 Å². The van der Waals surface area contributed by atoms with Gasteiger partial charge in [0.25, 0.3) is 0 Å². The number of ether oxygens (including phenoxy) is 1. The van der Waals surface area contributed by atoms with E-state index in [0.29, 0.717) is 18.3 Å². The number of aromatic nitrogens is 2. The predicted molar refractivity (Wildman–Crippen MR) is 81.6 cm³/mol. The van der Waals surface area contributed by atoms with Crippen molar-refractivity contribution in [2.45, 2.75) is 58.6 Å². The molecule has 0 aromatic carbocycles. The van der Waals surface area contributed by atoms with Gasteiger partial charge in [0.05, 0.1) is 0 Å². The van der Waals surface area contributed by atoms with Crippen molar-refractivity contribution in [2.75, 3.05) is 19.6 Å². The highest BCUT2D eigenvalue weighted by molar-refractivity contribution is 5.68. The summed E-state index contributed by atoms with van der Waals surface area (Å²) in [6.45, 7) is 9.65. The highest BCUT2D eigenvalue weighted by Crippen LogP contribution is 2.15. The van der Waals surface area contributed by atoms with Crippen LogP contribution in [0.15, 0.2) is 4.52 Å². The molecule has 7 nitrogen and oxygen atoms in total. The third-order valence-corrected chi connectivity index (χ3v) is 3.42. The zero-order valence-electron chi connectivity index (χ0n) is 13.9. The van der Waals surface area contributed by atoms with Crippen molar-refractivity contribution in [3.63, 3.8) is 0 Å². The SMILES string of the molecule is Cc1nc(CCNC2CCCN(C(=O)OC(C)(C)C)C2)no1. The number of likely N-dealkylation sites (tertiary alicyclic amines) is 1. The fourth-order valence-corrected chi connectivity index (χ4v) is 2.47. The Morgan fingerprint density at radius 2 is 2.27 bits per heavy atom. The maximum Gasteiger partial charge on any atom is 0.410 e. The number of carbonyl (C=O) groups excluding carboxylic acids is 1. The summed E-state index contributed by atoms with van der Waals surface area (Å²) in [5.74, 6) is 1.30. The third-order valence-electron chi connectivity index (χ3n) is 3.42. The van der Waals surface area contributed by atoms with Gasteiger partial charge in [0.15, 0.2) is 5.82 Å². The zero-order chi connectivity index (χ0) is 16.2. The Morgan fingerprint density at radius 3 is 2.91 bits per heavy atom. The molecule has 1 aliphatic heterocycles. The van der Waals surface area contributed by atoms with Crippen LogP contribution in [0.4, 0.5) is 4.79 Å². The Labute approximate surface area is 131 Å². The van der Waals surface area contributed by atoms with Gasteiger partial charge in [-0.3, -0.25) is 0 Å². The van der Waals surface area contributed by atoms with Crippen molar-refractivity contribution in [1.29, 1.82) is 0 Å². The minimum atomic E-state index is -0.450. The van der Waals surface area contributed by atoms with Crippen LogP contribution >= 0.6 is 0 Å². The number of nitrogens with one attached hydrogen (secondary N) is 1. The number of aryl methyl sites for hydroxylation is 1. The molecular weight excluding hydrogens is 284 g/mol. The maximum atomic E-state index is 12.1. The molecule has 0 aliphatic carbocycles. The number of piperidine rings is 1. The lowest BCUT2D eigenvalue weighted by molar-refractivity contribution is 0.0188. The molecule has 1 fully saturated rings. The monoisotopic (exact) mass is 310 g/mol. The van der Waals surface area contributed by atoms with Crippen LogP contribution in [-0.2, 0) is 11.2 Å². The summed E-state index contributed by atoms with van der Waals surface area (Å²) >= 11 is 0. The van der Waals surface area contributed by atoms with Crippen molar-refractivity contribution in [2.24, 2.45) is 0 Å². The van der Waals surface area contributed by atoms with Gasteiger partial charge >= 0.3 is 6.09 Å². The van der Waals surface area contributed by atoms with Gasteiger partial charge in [0.1, 0.15) is 5.60 Å². The Hall–Kier alpha value is -1.63. The van der Waals surface area contributed by atoms with Crippen molar-refractivity contribution < 1.29 is 14.1 Å². The van der Waals surface area contributed by atoms with Gasteiger partial charge in [0.2, 0.25) is 5.89 Å². The van der Waals surface area contributed by atoms with Crippen molar-refractivity contribution >= 4 is 6.09 Å². The van der Waals surface area contributed by atoms with Gasteiger partial charge in [-0.2, -0.15) is 4.98 Å². The summed E-state index contributed by atoms with van der Waals surface area (Å²) < 4.78 is 10.4. The summed E-state index contributed by atoms with van der Waals surface area (Å²) in [6, 6.07) is 0.286. The van der Waals surface area contributed by atoms with E-state index in [1.165, 1.54) is 0 Å². The van der Waals surface area contributed by atoms with Crippen LogP contribution in [-0.4, -0.2) is 52.4 Å². The van der Waals surface area contributed by atoms with Crippen LogP contribution in [0.3, 0.4) is 0 Å². The molecular formula is C15H26N4O3. The Kier molecular flexibility index (Phi) is 5.39. The molecule has 1 unspecified atom stereocenters. The first-order valence-corrected chi connectivity index (χ1v) is 7.84. The second-order valence-electron chi connectivity index (χ2n) is 6.70. The van der Waals surface area contributed by atoms with Gasteiger partial charge in [-0.05, 0) is 33.6 Å². The lowest BCUT2D eigenvalue weighted by Crippen LogP contribution is -2.49. The summed E-state index contributed by atoms with van der Waals surface area (Å²) in [6.07, 6.45) is 2.54. The molecule has 124 valence electrons. The highest BCUT2D eigenvalue weighted by atomic mass is 16.6. The zero-order valence-corrected chi connectivity index (χ0v) is 13.9. The van der Waals surface area contributed by atoms with Crippen molar-refractivity contribution in [3.8, 4) is 0 Å². The van der Waals surface area contributed by atoms with Gasteiger partial charge in [-0.15, -0.1) is 0 Å². The Balaban J connectivity index is 1.74. The summed E-state index contributed by atoms with van der Waals surface area (Å²) in [5.41, 5.74) is -0.450. The molecule has 22 heavy (non-hydrogen) atoms. The van der Waals surface area contributed by atoms with Gasteiger partial charge in [0, 0.05) is 39.0 Å². The van der Waals surface area contributed by atoms with Crippen LogP contribution in [0.1, 0.15) is 45.3 Å². The Morgan fingerprint density at radius 1 is 1.50 bits per heavy atom. The van der Waals surface area contributed by atoms with E-state index in [1.54, 1.807) is 11.8 Å². The quantitative estimate of drug-likeness (QED) is 0.915. The van der Waals surface area contributed by atoms with E-state index in [0.717, 1.165) is 32.4 Å². The largest absolute Gasteiger partial charge is 0.444 e. The van der Waals surface area contributed by atoms with Crippen LogP contribution in [0.5, 0.6) is 0 Å². The molecule has 0 radical (unpaired) electrons. The molecule has 0 saturated carbocycles. The second-order valence-corrected chi connectivity index (χ2v) is 6.70. The normalized spacial score (nSPS) is 19.3. The van der Waals surface area contributed by atoms with Gasteiger partial charge in [-0.1, -0.05) is 5.16 Å². The fraction of sp³-hybridized carbons (Fsp3) is 0.800. The molecule has 1 atom stereocenters. The summed E-state index contributed by atoms with van der Waals surface area (Å²) in [7, 11) is 0. The van der Waals surface area contributed by atoms with E-state index in [2.05, 4.69) is 15.5 Å². The molecule has 1 N–H and O–H groups in total. The first kappa shape index (κ1) is 16.7. The van der Waals surface area contributed by atoms with Gasteiger partial charge < -0.3 is 19.5 Å². The van der Waals surface area contributed by atoms with E-state index >= 15 is 0 Å². The molecule has 0 spiro atoms. The molecule has 1 aromatic rings. The standard InChI is InChI=1S/C15H26N4O3/c1-11-17-13(18-22-11)7-8-16-12-6-5-9-19(10-12)14(20)21-15(2,3)4/h12,16H,5-10H2,1-4H3. The average Bonchev–Trinajstić information content (AvgIpc) is 2.83. The van der Waals surface area contributed by atoms with E-state index < -0.39 is 5.60 Å². The Bertz CT molecular complexity index is 495. The molecule has 1 saturated heterocycles. The molecule has 7 heteroatoms. The topological polar surface area (TPSA) is 80.5 Å². The molecule has 1 aliphatic rings. The second kappa shape index (κ2) is 7.09. The molecule has 1 amide bonds. The summed E-state index contributed by atoms with van der Waals surface area (Å²) in [4.78, 5) is 18.1. The van der Waals surface area contributed by atoms with E-state index in [-0.39, 0.29) is 12.1 Å². The average molecular weight is 310 g/mol. The van der Waals surface area contributed by atoms with E-state index in [9.17, 15) is 4.79 Å². The number of hydrogen-bond acceptors (Lipinski definition) is 6. The lowest BCUT2D eigenvalue weighted by atomic mass is 10.1. The van der Waals surface area contributed by atoms with Crippen molar-refractivity contribution in [3.05, 3.63) is 11.7 Å². The molecule has 2 heterocycles. The maximum absolute atomic E-state index is 12.1. The molecule has 0 bridgehead atoms. The first-order chi connectivity index (χ1) is 10.3. The van der Waals surface area contributed by atoms with E-state index in [4.69, 9.17) is 9.26 Å². The predicted octanol–water partition coefficient (Wildman–Crippen LogP) is 1.91. The number of hydrogen-bond donors (Lipinski definition) is 1. The number of nitrogens with zero attached hydrogens (tertiary/aromatic N) is 3. The highest BCUT2D eigenvalue weighted by Gasteiger charge is 2.27. The number of carbonyl (C=O) groups is 1. The first-order valence-electron chi connectivity index (χ1n) is 7.84. The number of amides is 1. The minimum Gasteiger partial charge on any atom is -0.444 e. The smallest absolute Gasteiger partial charge is 0.410 e. The third kappa shape index (κ3) is 5.29. The lowest BCUT2D eigenvalue weighted by Gasteiger charge is -2.34. The molecule has 2 rings (SSSR count). The summed E-state index contributed by atoms with van der Waals surface area (Å²) in [5, 5.41) is 7.33. The van der Waals surface area contributed by atoms with Crippen LogP contribution < -0.4 is 5.32 Å². The van der Waals surface area contributed by atoms with Gasteiger partial charge in [-0.25, -0.2) is 4.79 Å². The number of rotatable bonds is 4. The minimum absolute atomic E-state index is 0.229. The van der Waals surface area contributed by atoms with Crippen LogP contribution in [0, 0.1) is 6.92 Å². The van der Waals surface area contributed by atoms with Crippen LogP contribution in [0.2, 0.25) is 0 Å². The molecule has 1 aromatic heterocycles. The van der Waals surface area contributed by atoms with Crippen LogP contribution in [0.25, 0.3) is 0 Å².